The fraction of sp³-hybridized carbons (Fsp3) is 0.222. The first-order valence-electron chi connectivity index (χ1n) is 12.2. The number of ether oxygens (including phenoxy) is 1. The summed E-state index contributed by atoms with van der Waals surface area (Å²) in [6, 6.07) is 13.1. The van der Waals surface area contributed by atoms with Gasteiger partial charge in [-0.2, -0.15) is 8.42 Å². The SMILES string of the molecule is CCOc1ccnc(-n2c(C=Cc3nc4c(CCC(C)S(=O)(=O)O)cc5ccccc5c4o3)c(O)[nH]c2=S)c1. The molecule has 3 N–H and O–H groups in total. The first-order valence-corrected chi connectivity index (χ1v) is 14.2. The van der Waals surface area contributed by atoms with E-state index in [0.717, 1.165) is 16.3 Å². The molecule has 10 nitrogen and oxygen atoms in total. The van der Waals surface area contributed by atoms with Crippen molar-refractivity contribution in [1.29, 1.82) is 0 Å². The molecule has 39 heavy (non-hydrogen) atoms. The highest BCUT2D eigenvalue weighted by Gasteiger charge is 2.20. The van der Waals surface area contributed by atoms with Gasteiger partial charge < -0.3 is 19.2 Å². The molecular formula is C27H26N4O6S2. The second-order valence-electron chi connectivity index (χ2n) is 8.97. The minimum Gasteiger partial charge on any atom is -0.494 e. The summed E-state index contributed by atoms with van der Waals surface area (Å²) in [5.74, 6) is 1.20. The highest BCUT2D eigenvalue weighted by molar-refractivity contribution is 7.86. The third kappa shape index (κ3) is 5.44. The summed E-state index contributed by atoms with van der Waals surface area (Å²) in [6.07, 6.45) is 5.41. The predicted molar refractivity (Wildman–Crippen MR) is 151 cm³/mol. The molecule has 3 heterocycles. The second-order valence-corrected chi connectivity index (χ2v) is 11.2. The molecule has 1 unspecified atom stereocenters. The van der Waals surface area contributed by atoms with Crippen LogP contribution in [0.15, 0.2) is 53.1 Å². The number of rotatable bonds is 9. The van der Waals surface area contributed by atoms with Crippen molar-refractivity contribution >= 4 is 56.4 Å². The van der Waals surface area contributed by atoms with Crippen LogP contribution in [0.25, 0.3) is 39.8 Å². The molecule has 2 aromatic carbocycles. The lowest BCUT2D eigenvalue weighted by Crippen LogP contribution is -2.17. The Bertz CT molecular complexity index is 1870. The van der Waals surface area contributed by atoms with Crippen LogP contribution in [-0.2, 0) is 16.5 Å². The smallest absolute Gasteiger partial charge is 0.267 e. The zero-order chi connectivity index (χ0) is 27.7. The monoisotopic (exact) mass is 566 g/mol. The van der Waals surface area contributed by atoms with E-state index in [1.807, 2.05) is 37.3 Å². The van der Waals surface area contributed by atoms with Gasteiger partial charge in [0, 0.05) is 23.7 Å². The van der Waals surface area contributed by atoms with Crippen LogP contribution in [0.2, 0.25) is 0 Å². The molecule has 0 aliphatic rings. The van der Waals surface area contributed by atoms with E-state index in [2.05, 4.69) is 15.0 Å². The lowest BCUT2D eigenvalue weighted by Gasteiger charge is -2.09. The predicted octanol–water partition coefficient (Wildman–Crippen LogP) is 5.71. The number of aromatic hydroxyl groups is 1. The Kier molecular flexibility index (Phi) is 7.25. The van der Waals surface area contributed by atoms with E-state index in [0.29, 0.717) is 41.4 Å². The van der Waals surface area contributed by atoms with Crippen LogP contribution in [0.4, 0.5) is 0 Å². The quantitative estimate of drug-likeness (QED) is 0.151. The summed E-state index contributed by atoms with van der Waals surface area (Å²) >= 11 is 5.41. The number of imidazole rings is 1. The van der Waals surface area contributed by atoms with Crippen LogP contribution in [0.1, 0.15) is 37.4 Å². The number of aromatic amines is 1. The molecule has 3 aromatic heterocycles. The van der Waals surface area contributed by atoms with Crippen molar-refractivity contribution < 1.29 is 27.2 Å². The maximum atomic E-state index is 11.5. The van der Waals surface area contributed by atoms with E-state index >= 15 is 0 Å². The van der Waals surface area contributed by atoms with Gasteiger partial charge in [-0.3, -0.25) is 9.12 Å². The molecule has 202 valence electrons. The first kappa shape index (κ1) is 26.6. The van der Waals surface area contributed by atoms with Crippen LogP contribution in [-0.4, -0.2) is 49.5 Å². The summed E-state index contributed by atoms with van der Waals surface area (Å²) in [5, 5.41) is 11.4. The zero-order valence-electron chi connectivity index (χ0n) is 21.2. The molecule has 12 heteroatoms. The minimum absolute atomic E-state index is 0.152. The van der Waals surface area contributed by atoms with Crippen LogP contribution in [0, 0.1) is 4.77 Å². The van der Waals surface area contributed by atoms with Gasteiger partial charge in [-0.25, -0.2) is 9.97 Å². The van der Waals surface area contributed by atoms with Crippen molar-refractivity contribution in [1.82, 2.24) is 19.5 Å². The molecule has 0 spiro atoms. The number of H-pyrrole nitrogens is 1. The van der Waals surface area contributed by atoms with Crippen molar-refractivity contribution in [3.63, 3.8) is 0 Å². The molecule has 1 atom stereocenters. The summed E-state index contributed by atoms with van der Waals surface area (Å²) in [6.45, 7) is 3.84. The number of oxazole rings is 1. The van der Waals surface area contributed by atoms with Crippen molar-refractivity contribution in [3.05, 3.63) is 70.6 Å². The van der Waals surface area contributed by atoms with Crippen molar-refractivity contribution in [2.45, 2.75) is 31.9 Å². The summed E-state index contributed by atoms with van der Waals surface area (Å²) < 4.78 is 46.0. The number of fused-ring (bicyclic) bond motifs is 3. The van der Waals surface area contributed by atoms with Gasteiger partial charge in [0.25, 0.3) is 10.1 Å². The average molecular weight is 567 g/mol. The molecule has 0 aliphatic heterocycles. The van der Waals surface area contributed by atoms with E-state index in [4.69, 9.17) is 21.4 Å². The number of nitrogens with one attached hydrogen (secondary N) is 1. The molecule has 0 saturated heterocycles. The minimum atomic E-state index is -4.14. The Morgan fingerprint density at radius 1 is 1.23 bits per heavy atom. The maximum Gasteiger partial charge on any atom is 0.267 e. The van der Waals surface area contributed by atoms with Crippen LogP contribution < -0.4 is 4.74 Å². The number of aryl methyl sites for hydroxylation is 1. The van der Waals surface area contributed by atoms with Crippen LogP contribution in [0.5, 0.6) is 11.6 Å². The van der Waals surface area contributed by atoms with Gasteiger partial charge in [-0.05, 0) is 68.1 Å². The standard InChI is InChI=1S/C27H26N4O6S2/c1-3-36-19-12-13-28-22(15-19)31-21(26(32)30-27(31)38)10-11-23-29-24-18(9-8-16(2)39(33,34)35)14-17-6-4-5-7-20(17)25(24)37-23/h4-7,10-16,32H,3,8-9H2,1-2H3,(H,30,38)(H,33,34,35). The van der Waals surface area contributed by atoms with Gasteiger partial charge in [-0.15, -0.1) is 0 Å². The molecular weight excluding hydrogens is 540 g/mol. The molecule has 0 bridgehead atoms. The molecule has 5 rings (SSSR count). The number of benzene rings is 2. The fourth-order valence-electron chi connectivity index (χ4n) is 4.34. The lowest BCUT2D eigenvalue weighted by molar-refractivity contribution is 0.339. The Labute approximate surface area is 229 Å². The molecule has 5 aromatic rings. The van der Waals surface area contributed by atoms with E-state index in [-0.39, 0.29) is 23.0 Å². The topological polar surface area (TPSA) is 143 Å². The normalized spacial score (nSPS) is 13.0. The second kappa shape index (κ2) is 10.6. The summed E-state index contributed by atoms with van der Waals surface area (Å²) in [7, 11) is -4.14. The third-order valence-electron chi connectivity index (χ3n) is 6.36. The number of pyridine rings is 1. The van der Waals surface area contributed by atoms with E-state index < -0.39 is 15.4 Å². The van der Waals surface area contributed by atoms with Gasteiger partial charge in [-0.1, -0.05) is 24.3 Å². The third-order valence-corrected chi connectivity index (χ3v) is 7.90. The highest BCUT2D eigenvalue weighted by atomic mass is 32.2. The van der Waals surface area contributed by atoms with E-state index in [9.17, 15) is 18.1 Å². The van der Waals surface area contributed by atoms with Gasteiger partial charge in [0.1, 0.15) is 22.8 Å². The Balaban J connectivity index is 1.56. The molecule has 0 amide bonds. The lowest BCUT2D eigenvalue weighted by atomic mass is 10.0. The van der Waals surface area contributed by atoms with Gasteiger partial charge in [0.2, 0.25) is 11.8 Å². The fourth-order valence-corrected chi connectivity index (χ4v) is 5.04. The van der Waals surface area contributed by atoms with Crippen molar-refractivity contribution in [2.24, 2.45) is 0 Å². The van der Waals surface area contributed by atoms with E-state index in [1.54, 1.807) is 35.0 Å². The number of nitrogens with zero attached hydrogens (tertiary/aromatic N) is 3. The molecule has 0 fully saturated rings. The van der Waals surface area contributed by atoms with E-state index in [1.165, 1.54) is 6.92 Å². The Morgan fingerprint density at radius 2 is 2.03 bits per heavy atom. The Hall–Kier alpha value is -4.00. The molecule has 0 aliphatic carbocycles. The number of aromatic nitrogens is 4. The van der Waals surface area contributed by atoms with Gasteiger partial charge in [0.15, 0.2) is 10.4 Å². The van der Waals surface area contributed by atoms with Crippen molar-refractivity contribution in [2.75, 3.05) is 6.61 Å². The number of hydrogen-bond acceptors (Lipinski definition) is 8. The van der Waals surface area contributed by atoms with Crippen LogP contribution >= 0.6 is 12.2 Å². The molecule has 0 saturated carbocycles. The van der Waals surface area contributed by atoms with Gasteiger partial charge in [0.05, 0.1) is 11.9 Å². The molecule has 0 radical (unpaired) electrons. The number of hydrogen-bond donors (Lipinski definition) is 3. The largest absolute Gasteiger partial charge is 0.494 e. The highest BCUT2D eigenvalue weighted by Crippen LogP contribution is 2.32. The first-order chi connectivity index (χ1) is 18.7. The zero-order valence-corrected chi connectivity index (χ0v) is 22.8. The average Bonchev–Trinajstić information content (AvgIpc) is 3.45. The van der Waals surface area contributed by atoms with Crippen molar-refractivity contribution in [3.8, 4) is 17.4 Å². The summed E-state index contributed by atoms with van der Waals surface area (Å²) in [4.78, 5) is 11.8. The van der Waals surface area contributed by atoms with Gasteiger partial charge >= 0.3 is 0 Å². The van der Waals surface area contributed by atoms with Crippen LogP contribution in [0.3, 0.4) is 0 Å². The Morgan fingerprint density at radius 3 is 2.79 bits per heavy atom. The summed E-state index contributed by atoms with van der Waals surface area (Å²) in [5.41, 5.74) is 2.29. The maximum absolute atomic E-state index is 11.5.